The van der Waals surface area contributed by atoms with Crippen LogP contribution in [0.25, 0.3) is 0 Å². The maximum Gasteiger partial charge on any atom is 0.337 e. The minimum absolute atomic E-state index is 0.127. The van der Waals surface area contributed by atoms with E-state index in [1.807, 2.05) is 0 Å². The van der Waals surface area contributed by atoms with E-state index in [-0.39, 0.29) is 16.6 Å². The van der Waals surface area contributed by atoms with Crippen LogP contribution < -0.4 is 5.32 Å². The van der Waals surface area contributed by atoms with Crippen molar-refractivity contribution in [1.29, 1.82) is 0 Å². The smallest absolute Gasteiger partial charge is 0.337 e. The van der Waals surface area contributed by atoms with Crippen LogP contribution in [0.15, 0.2) is 18.2 Å². The van der Waals surface area contributed by atoms with Crippen LogP contribution in [0.4, 0.5) is 5.69 Å². The number of carbonyl (C=O) groups is 1. The molecule has 0 radical (unpaired) electrons. The van der Waals surface area contributed by atoms with Crippen LogP contribution in [0.5, 0.6) is 0 Å². The van der Waals surface area contributed by atoms with Crippen molar-refractivity contribution in [1.82, 2.24) is 0 Å². The van der Waals surface area contributed by atoms with Gasteiger partial charge in [-0.05, 0) is 31.0 Å². The van der Waals surface area contributed by atoms with E-state index in [9.17, 15) is 4.79 Å². The lowest BCUT2D eigenvalue weighted by Crippen LogP contribution is -2.21. The fourth-order valence-electron chi connectivity index (χ4n) is 1.21. The molecule has 0 saturated heterocycles. The molecule has 0 bridgehead atoms. The first kappa shape index (κ1) is 12.8. The Labute approximate surface area is 100 Å². The lowest BCUT2D eigenvalue weighted by molar-refractivity contribution is 0.0697. The fourth-order valence-corrected chi connectivity index (χ4v) is 1.41. The molecule has 4 heteroatoms. The zero-order chi connectivity index (χ0) is 12.3. The van der Waals surface area contributed by atoms with E-state index in [0.29, 0.717) is 5.92 Å². The quantitative estimate of drug-likeness (QED) is 0.848. The highest BCUT2D eigenvalue weighted by Crippen LogP contribution is 2.21. The summed E-state index contributed by atoms with van der Waals surface area (Å²) in [5, 5.41) is 12.4. The number of carboxylic acids is 1. The maximum absolute atomic E-state index is 10.9. The van der Waals surface area contributed by atoms with Crippen LogP contribution >= 0.6 is 11.6 Å². The Balaban J connectivity index is 2.91. The Morgan fingerprint density at radius 3 is 2.50 bits per heavy atom. The van der Waals surface area contributed by atoms with E-state index in [1.54, 1.807) is 18.2 Å². The van der Waals surface area contributed by atoms with Gasteiger partial charge in [0.2, 0.25) is 0 Å². The largest absolute Gasteiger partial charge is 0.478 e. The Morgan fingerprint density at radius 2 is 2.00 bits per heavy atom. The number of hydrogen-bond acceptors (Lipinski definition) is 2. The molecule has 88 valence electrons. The standard InChI is InChI=1S/C12H16ClNO2/c1-7(2)8(3)14-9-4-5-11(13)10(6-9)12(15)16/h4-8,14H,1-3H3,(H,15,16)/t8-/m0/s1. The van der Waals surface area contributed by atoms with E-state index < -0.39 is 5.97 Å². The molecule has 1 rings (SSSR count). The van der Waals surface area contributed by atoms with E-state index in [1.165, 1.54) is 0 Å². The lowest BCUT2D eigenvalue weighted by atomic mass is 10.1. The number of nitrogens with one attached hydrogen (secondary N) is 1. The molecule has 3 nitrogen and oxygen atoms in total. The SMILES string of the molecule is CC(C)[C@H](C)Nc1ccc(Cl)c(C(=O)O)c1. The Bertz CT molecular complexity index is 391. The highest BCUT2D eigenvalue weighted by molar-refractivity contribution is 6.33. The molecule has 1 atom stereocenters. The van der Waals surface area contributed by atoms with Crippen LogP contribution in [0, 0.1) is 5.92 Å². The van der Waals surface area contributed by atoms with Crippen LogP contribution in [0.2, 0.25) is 5.02 Å². The molecule has 0 heterocycles. The van der Waals surface area contributed by atoms with Crippen LogP contribution in [-0.2, 0) is 0 Å². The van der Waals surface area contributed by atoms with Crippen molar-refractivity contribution in [2.24, 2.45) is 5.92 Å². The summed E-state index contributed by atoms with van der Waals surface area (Å²) in [6.07, 6.45) is 0. The second-order valence-electron chi connectivity index (χ2n) is 4.18. The summed E-state index contributed by atoms with van der Waals surface area (Å²) >= 11 is 5.78. The Kier molecular flexibility index (Phi) is 4.19. The van der Waals surface area contributed by atoms with E-state index in [4.69, 9.17) is 16.7 Å². The minimum Gasteiger partial charge on any atom is -0.478 e. The normalized spacial score (nSPS) is 12.6. The molecule has 0 amide bonds. The predicted octanol–water partition coefficient (Wildman–Crippen LogP) is 3.49. The molecule has 0 aromatic heterocycles. The third-order valence-electron chi connectivity index (χ3n) is 2.59. The molecule has 0 aliphatic carbocycles. The van der Waals surface area contributed by atoms with Gasteiger partial charge in [-0.2, -0.15) is 0 Å². The van der Waals surface area contributed by atoms with Gasteiger partial charge in [0.15, 0.2) is 0 Å². The summed E-state index contributed by atoms with van der Waals surface area (Å²) in [5.74, 6) is -0.533. The molecule has 16 heavy (non-hydrogen) atoms. The third kappa shape index (κ3) is 3.14. The molecule has 0 aliphatic heterocycles. The molecule has 0 spiro atoms. The number of carboxylic acid groups (broad SMARTS) is 1. The monoisotopic (exact) mass is 241 g/mol. The molecule has 0 fully saturated rings. The molecule has 1 aromatic rings. The van der Waals surface area contributed by atoms with Crippen LogP contribution in [0.1, 0.15) is 31.1 Å². The summed E-state index contributed by atoms with van der Waals surface area (Å²) in [6, 6.07) is 5.22. The first-order chi connectivity index (χ1) is 7.41. The highest BCUT2D eigenvalue weighted by Gasteiger charge is 2.11. The zero-order valence-electron chi connectivity index (χ0n) is 9.62. The maximum atomic E-state index is 10.9. The van der Waals surface area contributed by atoms with Gasteiger partial charge in [0.05, 0.1) is 10.6 Å². The van der Waals surface area contributed by atoms with Gasteiger partial charge in [-0.1, -0.05) is 25.4 Å². The molecular weight excluding hydrogens is 226 g/mol. The van der Waals surface area contributed by atoms with E-state index in [2.05, 4.69) is 26.1 Å². The van der Waals surface area contributed by atoms with Crippen molar-refractivity contribution in [2.45, 2.75) is 26.8 Å². The molecular formula is C12H16ClNO2. The molecule has 1 aromatic carbocycles. The first-order valence-electron chi connectivity index (χ1n) is 5.21. The topological polar surface area (TPSA) is 49.3 Å². The lowest BCUT2D eigenvalue weighted by Gasteiger charge is -2.19. The van der Waals surface area contributed by atoms with Gasteiger partial charge in [0, 0.05) is 11.7 Å². The fraction of sp³-hybridized carbons (Fsp3) is 0.417. The highest BCUT2D eigenvalue weighted by atomic mass is 35.5. The molecule has 2 N–H and O–H groups in total. The number of rotatable bonds is 4. The van der Waals surface area contributed by atoms with Gasteiger partial charge in [0.25, 0.3) is 0 Å². The number of anilines is 1. The zero-order valence-corrected chi connectivity index (χ0v) is 10.4. The third-order valence-corrected chi connectivity index (χ3v) is 2.92. The van der Waals surface area contributed by atoms with Gasteiger partial charge in [0.1, 0.15) is 0 Å². The van der Waals surface area contributed by atoms with Crippen LogP contribution in [-0.4, -0.2) is 17.1 Å². The summed E-state index contributed by atoms with van der Waals surface area (Å²) in [4.78, 5) is 10.9. The van der Waals surface area contributed by atoms with Crippen molar-refractivity contribution in [3.63, 3.8) is 0 Å². The van der Waals surface area contributed by atoms with Gasteiger partial charge in [-0.3, -0.25) is 0 Å². The second kappa shape index (κ2) is 5.21. The van der Waals surface area contributed by atoms with Crippen molar-refractivity contribution in [2.75, 3.05) is 5.32 Å². The van der Waals surface area contributed by atoms with Gasteiger partial charge < -0.3 is 10.4 Å². The molecule has 0 unspecified atom stereocenters. The number of benzene rings is 1. The van der Waals surface area contributed by atoms with E-state index in [0.717, 1.165) is 5.69 Å². The van der Waals surface area contributed by atoms with Gasteiger partial charge in [-0.25, -0.2) is 4.79 Å². The van der Waals surface area contributed by atoms with Crippen LogP contribution in [0.3, 0.4) is 0 Å². The summed E-state index contributed by atoms with van der Waals surface area (Å²) in [5.41, 5.74) is 0.908. The van der Waals surface area contributed by atoms with E-state index >= 15 is 0 Å². The van der Waals surface area contributed by atoms with Crippen molar-refractivity contribution < 1.29 is 9.90 Å². The van der Waals surface area contributed by atoms with Crippen molar-refractivity contribution in [3.05, 3.63) is 28.8 Å². The number of hydrogen-bond donors (Lipinski definition) is 2. The number of aromatic carboxylic acids is 1. The van der Waals surface area contributed by atoms with Crippen molar-refractivity contribution >= 4 is 23.3 Å². The average molecular weight is 242 g/mol. The van der Waals surface area contributed by atoms with Gasteiger partial charge >= 0.3 is 5.97 Å². The number of halogens is 1. The average Bonchev–Trinajstić information content (AvgIpc) is 2.20. The molecule has 0 aliphatic rings. The Hall–Kier alpha value is -1.22. The second-order valence-corrected chi connectivity index (χ2v) is 4.58. The van der Waals surface area contributed by atoms with Gasteiger partial charge in [-0.15, -0.1) is 0 Å². The first-order valence-corrected chi connectivity index (χ1v) is 5.59. The van der Waals surface area contributed by atoms with Crippen molar-refractivity contribution in [3.8, 4) is 0 Å². The molecule has 0 saturated carbocycles. The minimum atomic E-state index is -1.01. The summed E-state index contributed by atoms with van der Waals surface area (Å²) in [7, 11) is 0. The predicted molar refractivity (Wildman–Crippen MR) is 66.3 cm³/mol. The Morgan fingerprint density at radius 1 is 1.38 bits per heavy atom. The summed E-state index contributed by atoms with van der Waals surface area (Å²) < 4.78 is 0. The summed E-state index contributed by atoms with van der Waals surface area (Å²) in [6.45, 7) is 6.26.